The number of nitriles is 2. The van der Waals surface area contributed by atoms with Crippen molar-refractivity contribution < 1.29 is 13.2 Å². The van der Waals surface area contributed by atoms with E-state index >= 15 is 0 Å². The van der Waals surface area contributed by atoms with Gasteiger partial charge in [-0.05, 0) is 36.4 Å². The number of thiazole rings is 1. The summed E-state index contributed by atoms with van der Waals surface area (Å²) < 4.78 is 27.4. The molecule has 1 amide bonds. The fraction of sp³-hybridized carbons (Fsp3) is 0.200. The predicted octanol–water partition coefficient (Wildman–Crippen LogP) is 4.67. The Morgan fingerprint density at radius 3 is 2.19 bits per heavy atom. The number of benzene rings is 2. The molecule has 0 radical (unpaired) electrons. The van der Waals surface area contributed by atoms with E-state index in [2.05, 4.69) is 10.3 Å². The maximum atomic E-state index is 12.9. The van der Waals surface area contributed by atoms with E-state index in [1.807, 2.05) is 12.1 Å². The van der Waals surface area contributed by atoms with Crippen molar-refractivity contribution in [3.05, 3.63) is 52.0 Å². The first kappa shape index (κ1) is 23.9. The Balaban J connectivity index is 1.79. The molecule has 0 aliphatic heterocycles. The van der Waals surface area contributed by atoms with E-state index in [0.29, 0.717) is 25.4 Å². The van der Waals surface area contributed by atoms with E-state index < -0.39 is 15.9 Å². The summed E-state index contributed by atoms with van der Waals surface area (Å²) in [7, 11) is -3.91. The third-order valence-corrected chi connectivity index (χ3v) is 8.02. The number of nitrogens with zero attached hydrogens (tertiary/aromatic N) is 4. The number of aromatic nitrogens is 1. The van der Waals surface area contributed by atoms with Crippen molar-refractivity contribution >= 4 is 65.8 Å². The zero-order chi connectivity index (χ0) is 23.3. The maximum absolute atomic E-state index is 12.9. The molecular formula is C20H15Cl2N5O3S2. The lowest BCUT2D eigenvalue weighted by atomic mass is 10.2. The fourth-order valence-corrected chi connectivity index (χ4v) is 5.65. The maximum Gasteiger partial charge on any atom is 0.257 e. The second kappa shape index (κ2) is 10.3. The zero-order valence-electron chi connectivity index (χ0n) is 16.4. The van der Waals surface area contributed by atoms with Crippen molar-refractivity contribution in [3.8, 4) is 12.1 Å². The lowest BCUT2D eigenvalue weighted by molar-refractivity contribution is 0.102. The number of halogens is 2. The first-order valence-corrected chi connectivity index (χ1v) is 12.2. The van der Waals surface area contributed by atoms with Crippen molar-refractivity contribution in [1.82, 2.24) is 9.29 Å². The monoisotopic (exact) mass is 507 g/mol. The van der Waals surface area contributed by atoms with Crippen molar-refractivity contribution in [1.29, 1.82) is 10.5 Å². The molecule has 2 aromatic carbocycles. The molecule has 1 N–H and O–H groups in total. The number of amides is 1. The molecule has 12 heteroatoms. The Labute approximate surface area is 198 Å². The minimum atomic E-state index is -3.91. The average molecular weight is 508 g/mol. The Hall–Kier alpha value is -2.73. The van der Waals surface area contributed by atoms with Crippen LogP contribution in [0, 0.1) is 22.7 Å². The molecule has 0 bridgehead atoms. The standard InChI is InChI=1S/C20H15Cl2N5O3S2/c21-15-7-8-16(22)18-17(15)25-20(31-18)26-19(28)13-3-5-14(6-4-13)32(29,30)27(11-1-9-23)12-2-10-24/h3-8H,1-2,11-12H2,(H,25,26,28). The van der Waals surface area contributed by atoms with E-state index in [1.165, 1.54) is 35.6 Å². The number of carbonyl (C=O) groups is 1. The largest absolute Gasteiger partial charge is 0.298 e. The highest BCUT2D eigenvalue weighted by atomic mass is 35.5. The van der Waals surface area contributed by atoms with Crippen LogP contribution in [-0.2, 0) is 10.0 Å². The predicted molar refractivity (Wildman–Crippen MR) is 123 cm³/mol. The molecule has 32 heavy (non-hydrogen) atoms. The van der Waals surface area contributed by atoms with Gasteiger partial charge in [0.2, 0.25) is 10.0 Å². The SMILES string of the molecule is N#CCCN(CCC#N)S(=O)(=O)c1ccc(C(=O)Nc2nc3c(Cl)ccc(Cl)c3s2)cc1. The molecule has 0 unspecified atom stereocenters. The highest BCUT2D eigenvalue weighted by Crippen LogP contribution is 2.36. The van der Waals surface area contributed by atoms with Gasteiger partial charge in [0.1, 0.15) is 5.52 Å². The van der Waals surface area contributed by atoms with Crippen molar-refractivity contribution in [2.24, 2.45) is 0 Å². The average Bonchev–Trinajstić information content (AvgIpc) is 3.21. The van der Waals surface area contributed by atoms with E-state index in [0.717, 1.165) is 4.31 Å². The van der Waals surface area contributed by atoms with Crippen molar-refractivity contribution in [2.75, 3.05) is 18.4 Å². The molecule has 3 aromatic rings. The number of sulfonamides is 1. The van der Waals surface area contributed by atoms with Gasteiger partial charge in [0.05, 0.1) is 31.8 Å². The van der Waals surface area contributed by atoms with Crippen LogP contribution < -0.4 is 5.32 Å². The van der Waals surface area contributed by atoms with Crippen LogP contribution in [0.4, 0.5) is 5.13 Å². The topological polar surface area (TPSA) is 127 Å². The van der Waals surface area contributed by atoms with Gasteiger partial charge in [-0.25, -0.2) is 13.4 Å². The van der Waals surface area contributed by atoms with Gasteiger partial charge in [0.15, 0.2) is 5.13 Å². The van der Waals surface area contributed by atoms with Crippen LogP contribution in [0.5, 0.6) is 0 Å². The van der Waals surface area contributed by atoms with Gasteiger partial charge in [-0.15, -0.1) is 0 Å². The Kier molecular flexibility index (Phi) is 7.67. The van der Waals surface area contributed by atoms with Crippen LogP contribution in [0.3, 0.4) is 0 Å². The molecule has 3 rings (SSSR count). The summed E-state index contributed by atoms with van der Waals surface area (Å²) in [6.45, 7) is -0.0447. The molecule has 0 saturated carbocycles. The number of nitrogens with one attached hydrogen (secondary N) is 1. The summed E-state index contributed by atoms with van der Waals surface area (Å²) in [5.74, 6) is -0.480. The number of hydrogen-bond acceptors (Lipinski definition) is 7. The number of rotatable bonds is 8. The van der Waals surface area contributed by atoms with Crippen LogP contribution in [0.1, 0.15) is 23.2 Å². The summed E-state index contributed by atoms with van der Waals surface area (Å²) in [6, 6.07) is 12.4. The van der Waals surface area contributed by atoms with Gasteiger partial charge in [0.25, 0.3) is 5.91 Å². The van der Waals surface area contributed by atoms with Crippen LogP contribution in [0.2, 0.25) is 10.0 Å². The molecule has 8 nitrogen and oxygen atoms in total. The smallest absolute Gasteiger partial charge is 0.257 e. The Morgan fingerprint density at radius 1 is 1.03 bits per heavy atom. The van der Waals surface area contributed by atoms with E-state index in [1.54, 1.807) is 12.1 Å². The number of anilines is 1. The summed E-state index contributed by atoms with van der Waals surface area (Å²) >= 11 is 13.4. The Bertz CT molecular complexity index is 1290. The molecule has 1 aromatic heterocycles. The van der Waals surface area contributed by atoms with E-state index in [-0.39, 0.29) is 36.4 Å². The van der Waals surface area contributed by atoms with Gasteiger partial charge in [0, 0.05) is 31.5 Å². The summed E-state index contributed by atoms with van der Waals surface area (Å²) in [6.07, 6.45) is 0.00268. The minimum Gasteiger partial charge on any atom is -0.298 e. The van der Waals surface area contributed by atoms with Crippen molar-refractivity contribution in [3.63, 3.8) is 0 Å². The molecular weight excluding hydrogens is 493 g/mol. The first-order valence-electron chi connectivity index (χ1n) is 9.18. The number of fused-ring (bicyclic) bond motifs is 1. The molecule has 1 heterocycles. The zero-order valence-corrected chi connectivity index (χ0v) is 19.5. The number of hydrogen-bond donors (Lipinski definition) is 1. The lowest BCUT2D eigenvalue weighted by Gasteiger charge is -2.20. The van der Waals surface area contributed by atoms with Crippen LogP contribution >= 0.6 is 34.5 Å². The molecule has 0 spiro atoms. The van der Waals surface area contributed by atoms with Gasteiger partial charge in [-0.3, -0.25) is 10.1 Å². The van der Waals surface area contributed by atoms with Crippen LogP contribution in [0.25, 0.3) is 10.2 Å². The molecule has 0 aliphatic carbocycles. The molecule has 164 valence electrons. The van der Waals surface area contributed by atoms with Gasteiger partial charge < -0.3 is 0 Å². The first-order chi connectivity index (χ1) is 15.3. The van der Waals surface area contributed by atoms with Gasteiger partial charge in [-0.2, -0.15) is 14.8 Å². The van der Waals surface area contributed by atoms with Crippen LogP contribution in [-0.4, -0.2) is 36.7 Å². The molecule has 0 atom stereocenters. The van der Waals surface area contributed by atoms with E-state index in [4.69, 9.17) is 33.7 Å². The highest BCUT2D eigenvalue weighted by Gasteiger charge is 2.24. The highest BCUT2D eigenvalue weighted by molar-refractivity contribution is 7.89. The molecule has 0 saturated heterocycles. The summed E-state index contributed by atoms with van der Waals surface area (Å²) in [5.41, 5.74) is 0.705. The summed E-state index contributed by atoms with van der Waals surface area (Å²) in [4.78, 5) is 16.8. The molecule has 0 aliphatic rings. The quantitative estimate of drug-likeness (QED) is 0.471. The minimum absolute atomic E-state index is 0.00134. The van der Waals surface area contributed by atoms with Crippen molar-refractivity contribution in [2.45, 2.75) is 17.7 Å². The normalized spacial score (nSPS) is 11.3. The molecule has 0 fully saturated rings. The van der Waals surface area contributed by atoms with Gasteiger partial charge >= 0.3 is 0 Å². The lowest BCUT2D eigenvalue weighted by Crippen LogP contribution is -2.32. The van der Waals surface area contributed by atoms with Gasteiger partial charge in [-0.1, -0.05) is 34.5 Å². The summed E-state index contributed by atoms with van der Waals surface area (Å²) in [5, 5.41) is 21.4. The fourth-order valence-electron chi connectivity index (χ4n) is 2.80. The second-order valence-corrected chi connectivity index (χ2v) is 10.2. The Morgan fingerprint density at radius 2 is 1.62 bits per heavy atom. The third kappa shape index (κ3) is 5.18. The third-order valence-electron chi connectivity index (χ3n) is 4.37. The van der Waals surface area contributed by atoms with Crippen LogP contribution in [0.15, 0.2) is 41.3 Å². The second-order valence-electron chi connectivity index (χ2n) is 6.42. The number of carbonyl (C=O) groups excluding carboxylic acids is 1. The van der Waals surface area contributed by atoms with E-state index in [9.17, 15) is 13.2 Å².